The Balaban J connectivity index is 1.41. The Hall–Kier alpha value is -4.62. The predicted octanol–water partition coefficient (Wildman–Crippen LogP) is 14.8. The summed E-state index contributed by atoms with van der Waals surface area (Å²) in [6.07, 6.45) is 0. The van der Waals surface area contributed by atoms with Crippen LogP contribution in [-0.4, -0.2) is 0 Å². The summed E-state index contributed by atoms with van der Waals surface area (Å²) in [5, 5.41) is 2.56. The van der Waals surface area contributed by atoms with Crippen molar-refractivity contribution in [3.05, 3.63) is 148 Å². The molecule has 0 heterocycles. The van der Waals surface area contributed by atoms with Crippen LogP contribution >= 0.6 is 0 Å². The highest BCUT2D eigenvalue weighted by atomic mass is 15.1. The molecule has 2 aliphatic rings. The number of fused-ring (bicyclic) bond motifs is 7. The maximum Gasteiger partial charge on any atom is 0.0543 e. The Morgan fingerprint density at radius 2 is 0.849 bits per heavy atom. The van der Waals surface area contributed by atoms with Gasteiger partial charge in [0.1, 0.15) is 0 Å². The molecule has 6 aromatic carbocycles. The third kappa shape index (κ3) is 5.57. The SMILES string of the molecule is CC(C)(C)c1ccc2c(c1)C(C)(C)c1cc(N(c3ccc4c(c3)C(C)(C)c3ccccc3-4)c3cc(C(C)(C)C)cc4ccc(C(C)(C)C)cc34)ccc1-2. The average molecular weight is 696 g/mol. The molecule has 6 aromatic rings. The van der Waals surface area contributed by atoms with Gasteiger partial charge in [0.05, 0.1) is 5.69 Å². The molecule has 2 aliphatic carbocycles. The molecule has 1 heteroatoms. The van der Waals surface area contributed by atoms with E-state index in [1.165, 1.54) is 89.0 Å². The van der Waals surface area contributed by atoms with E-state index in [2.05, 4.69) is 204 Å². The van der Waals surface area contributed by atoms with Crippen LogP contribution in [-0.2, 0) is 27.1 Å². The number of benzene rings is 6. The van der Waals surface area contributed by atoms with Crippen LogP contribution in [0, 0.1) is 0 Å². The standard InChI is InChI=1S/C52H57N/c1-48(2,3)33-19-18-32-26-35(50(7,8)9)29-47(42(32)27-33)53(36-21-24-40-38-16-14-15-17-43(38)51(10,11)45(40)30-36)37-22-25-41-39-23-20-34(49(4,5)6)28-44(39)52(12,13)46(41)31-37/h14-31H,1-13H3. The summed E-state index contributed by atoms with van der Waals surface area (Å²) in [6.45, 7) is 30.5. The van der Waals surface area contributed by atoms with Gasteiger partial charge in [-0.1, -0.05) is 163 Å². The van der Waals surface area contributed by atoms with Gasteiger partial charge in [-0.2, -0.15) is 0 Å². The molecule has 0 fully saturated rings. The molecular formula is C52H57N. The third-order valence-electron chi connectivity index (χ3n) is 12.5. The van der Waals surface area contributed by atoms with Gasteiger partial charge in [0, 0.05) is 27.6 Å². The van der Waals surface area contributed by atoms with Crippen molar-refractivity contribution in [1.29, 1.82) is 0 Å². The fraction of sp³-hybridized carbons (Fsp3) is 0.346. The molecular weight excluding hydrogens is 639 g/mol. The second kappa shape index (κ2) is 11.4. The quantitative estimate of drug-likeness (QED) is 0.178. The highest BCUT2D eigenvalue weighted by Crippen LogP contribution is 2.54. The number of hydrogen-bond acceptors (Lipinski definition) is 1. The molecule has 1 nitrogen and oxygen atoms in total. The molecule has 270 valence electrons. The molecule has 0 amide bonds. The molecule has 0 aromatic heterocycles. The van der Waals surface area contributed by atoms with Crippen molar-refractivity contribution >= 4 is 27.8 Å². The van der Waals surface area contributed by atoms with Gasteiger partial charge in [0.25, 0.3) is 0 Å². The first-order valence-electron chi connectivity index (χ1n) is 19.6. The van der Waals surface area contributed by atoms with Crippen LogP contribution < -0.4 is 4.90 Å². The van der Waals surface area contributed by atoms with E-state index in [9.17, 15) is 0 Å². The van der Waals surface area contributed by atoms with Crippen molar-refractivity contribution in [1.82, 2.24) is 0 Å². The van der Waals surface area contributed by atoms with Gasteiger partial charge < -0.3 is 4.90 Å². The van der Waals surface area contributed by atoms with Crippen LogP contribution in [0.15, 0.2) is 109 Å². The van der Waals surface area contributed by atoms with Crippen LogP contribution in [0.5, 0.6) is 0 Å². The van der Waals surface area contributed by atoms with Gasteiger partial charge in [-0.05, 0) is 119 Å². The molecule has 0 unspecified atom stereocenters. The molecule has 0 N–H and O–H groups in total. The fourth-order valence-corrected chi connectivity index (χ4v) is 9.01. The minimum Gasteiger partial charge on any atom is -0.310 e. The van der Waals surface area contributed by atoms with Crippen LogP contribution in [0.25, 0.3) is 33.0 Å². The first-order chi connectivity index (χ1) is 24.7. The average Bonchev–Trinajstić information content (AvgIpc) is 3.46. The monoisotopic (exact) mass is 695 g/mol. The van der Waals surface area contributed by atoms with Crippen LogP contribution in [0.1, 0.15) is 129 Å². The Morgan fingerprint density at radius 3 is 1.42 bits per heavy atom. The van der Waals surface area contributed by atoms with Crippen LogP contribution in [0.4, 0.5) is 17.1 Å². The van der Waals surface area contributed by atoms with Gasteiger partial charge in [-0.15, -0.1) is 0 Å². The number of rotatable bonds is 3. The van der Waals surface area contributed by atoms with E-state index in [4.69, 9.17) is 0 Å². The maximum absolute atomic E-state index is 2.57. The van der Waals surface area contributed by atoms with Gasteiger partial charge in [0.2, 0.25) is 0 Å². The van der Waals surface area contributed by atoms with Gasteiger partial charge in [-0.25, -0.2) is 0 Å². The first kappa shape index (κ1) is 35.4. The van der Waals surface area contributed by atoms with E-state index in [1.54, 1.807) is 0 Å². The smallest absolute Gasteiger partial charge is 0.0543 e. The minimum absolute atomic E-state index is 0.0226. The molecule has 0 radical (unpaired) electrons. The Morgan fingerprint density at radius 1 is 0.396 bits per heavy atom. The molecule has 0 atom stereocenters. The van der Waals surface area contributed by atoms with Crippen molar-refractivity contribution in [3.63, 3.8) is 0 Å². The Kier molecular flexibility index (Phi) is 7.64. The molecule has 0 saturated carbocycles. The predicted molar refractivity (Wildman–Crippen MR) is 230 cm³/mol. The van der Waals surface area contributed by atoms with E-state index in [-0.39, 0.29) is 27.1 Å². The molecule has 0 bridgehead atoms. The van der Waals surface area contributed by atoms with Gasteiger partial charge >= 0.3 is 0 Å². The van der Waals surface area contributed by atoms with Crippen molar-refractivity contribution in [2.75, 3.05) is 4.90 Å². The van der Waals surface area contributed by atoms with Gasteiger partial charge in [0.15, 0.2) is 0 Å². The highest BCUT2D eigenvalue weighted by Gasteiger charge is 2.39. The van der Waals surface area contributed by atoms with Crippen molar-refractivity contribution < 1.29 is 0 Å². The van der Waals surface area contributed by atoms with E-state index >= 15 is 0 Å². The summed E-state index contributed by atoms with van der Waals surface area (Å²) in [5.41, 5.74) is 18.6. The Bertz CT molecular complexity index is 2450. The lowest BCUT2D eigenvalue weighted by atomic mass is 9.79. The lowest BCUT2D eigenvalue weighted by molar-refractivity contribution is 0.584. The molecule has 0 saturated heterocycles. The summed E-state index contributed by atoms with van der Waals surface area (Å²) in [7, 11) is 0. The van der Waals surface area contributed by atoms with Crippen LogP contribution in [0.3, 0.4) is 0 Å². The largest absolute Gasteiger partial charge is 0.310 e. The van der Waals surface area contributed by atoms with E-state index in [0.29, 0.717) is 0 Å². The van der Waals surface area contributed by atoms with E-state index < -0.39 is 0 Å². The van der Waals surface area contributed by atoms with E-state index in [0.717, 1.165) is 0 Å². The normalized spacial score (nSPS) is 15.6. The first-order valence-corrected chi connectivity index (χ1v) is 19.6. The lowest BCUT2D eigenvalue weighted by Gasteiger charge is -2.32. The maximum atomic E-state index is 2.57. The van der Waals surface area contributed by atoms with Crippen LogP contribution in [0.2, 0.25) is 0 Å². The Labute approximate surface area is 319 Å². The number of nitrogens with zero attached hydrogens (tertiary/aromatic N) is 1. The zero-order valence-electron chi connectivity index (χ0n) is 34.3. The second-order valence-corrected chi connectivity index (χ2v) is 20.0. The van der Waals surface area contributed by atoms with E-state index in [1.807, 2.05) is 0 Å². The summed E-state index contributed by atoms with van der Waals surface area (Å²) in [5.74, 6) is 0. The molecule has 0 aliphatic heterocycles. The molecule has 0 spiro atoms. The second-order valence-electron chi connectivity index (χ2n) is 20.0. The van der Waals surface area contributed by atoms with Gasteiger partial charge in [-0.3, -0.25) is 0 Å². The summed E-state index contributed by atoms with van der Waals surface area (Å²) < 4.78 is 0. The summed E-state index contributed by atoms with van der Waals surface area (Å²) in [6, 6.07) is 42.7. The topological polar surface area (TPSA) is 3.24 Å². The summed E-state index contributed by atoms with van der Waals surface area (Å²) >= 11 is 0. The molecule has 53 heavy (non-hydrogen) atoms. The third-order valence-corrected chi connectivity index (χ3v) is 12.5. The lowest BCUT2D eigenvalue weighted by Crippen LogP contribution is -2.19. The van der Waals surface area contributed by atoms with Crippen molar-refractivity contribution in [3.8, 4) is 22.3 Å². The fourth-order valence-electron chi connectivity index (χ4n) is 9.01. The van der Waals surface area contributed by atoms with Crippen molar-refractivity contribution in [2.45, 2.75) is 117 Å². The number of anilines is 3. The highest BCUT2D eigenvalue weighted by molar-refractivity contribution is 6.01. The van der Waals surface area contributed by atoms with Crippen molar-refractivity contribution in [2.24, 2.45) is 0 Å². The minimum atomic E-state index is -0.135. The zero-order chi connectivity index (χ0) is 38.0. The molecule has 8 rings (SSSR count). The number of hydrogen-bond donors (Lipinski definition) is 0. The zero-order valence-corrected chi connectivity index (χ0v) is 34.3. The summed E-state index contributed by atoms with van der Waals surface area (Å²) in [4.78, 5) is 2.57.